The molecular formula is C18H19N3O6. The molecule has 1 aromatic heterocycles. The third-order valence-electron chi connectivity index (χ3n) is 4.34. The number of fused-ring (bicyclic) bond motifs is 2. The molecule has 3 rings (SSSR count). The van der Waals surface area contributed by atoms with Crippen molar-refractivity contribution in [2.75, 3.05) is 30.6 Å². The third-order valence-corrected chi connectivity index (χ3v) is 4.34. The molecule has 1 aliphatic heterocycles. The van der Waals surface area contributed by atoms with Crippen LogP contribution >= 0.6 is 0 Å². The summed E-state index contributed by atoms with van der Waals surface area (Å²) in [6.45, 7) is 0.244. The molecule has 2 N–H and O–H groups in total. The molecule has 9 nitrogen and oxygen atoms in total. The molecule has 1 atom stereocenters. The van der Waals surface area contributed by atoms with Crippen molar-refractivity contribution in [1.82, 2.24) is 4.98 Å². The molecule has 27 heavy (non-hydrogen) atoms. The van der Waals surface area contributed by atoms with Gasteiger partial charge in [-0.25, -0.2) is 19.5 Å². The molecule has 1 aliphatic rings. The summed E-state index contributed by atoms with van der Waals surface area (Å²) in [4.78, 5) is 30.1. The maximum atomic E-state index is 12.0. The smallest absolute Gasteiger partial charge is 0.417 e. The molecule has 0 radical (unpaired) electrons. The van der Waals surface area contributed by atoms with Crippen molar-refractivity contribution in [3.63, 3.8) is 0 Å². The lowest BCUT2D eigenvalue weighted by molar-refractivity contribution is 0.0275. The molecule has 0 aliphatic carbocycles. The minimum atomic E-state index is -1.25. The van der Waals surface area contributed by atoms with Gasteiger partial charge in [-0.15, -0.1) is 0 Å². The second kappa shape index (κ2) is 7.60. The number of nitrogens with zero attached hydrogens (tertiary/aromatic N) is 3. The van der Waals surface area contributed by atoms with Crippen LogP contribution < -0.4 is 9.80 Å². The Balaban J connectivity index is 2.22. The molecule has 0 saturated heterocycles. The monoisotopic (exact) mass is 373 g/mol. The van der Waals surface area contributed by atoms with Gasteiger partial charge in [0.25, 0.3) is 0 Å². The van der Waals surface area contributed by atoms with Gasteiger partial charge in [-0.2, -0.15) is 0 Å². The predicted molar refractivity (Wildman–Crippen MR) is 96.7 cm³/mol. The summed E-state index contributed by atoms with van der Waals surface area (Å²) < 4.78 is 10.5. The number of anilines is 3. The quantitative estimate of drug-likeness (QED) is 0.846. The first-order chi connectivity index (χ1) is 13.0. The highest BCUT2D eigenvalue weighted by Crippen LogP contribution is 2.41. The largest absolute Gasteiger partial charge is 0.465 e. The van der Waals surface area contributed by atoms with Gasteiger partial charge < -0.3 is 19.7 Å². The summed E-state index contributed by atoms with van der Waals surface area (Å²) in [5.41, 5.74) is 1.60. The summed E-state index contributed by atoms with van der Waals surface area (Å²) in [6.07, 6.45) is -1.40. The summed E-state index contributed by atoms with van der Waals surface area (Å²) in [5.74, 6) is 0.183. The first-order valence-electron chi connectivity index (χ1n) is 8.11. The number of ether oxygens (including phenoxy) is 2. The number of carboxylic acid groups (broad SMARTS) is 2. The zero-order chi connectivity index (χ0) is 19.6. The van der Waals surface area contributed by atoms with Crippen LogP contribution in [0.25, 0.3) is 0 Å². The van der Waals surface area contributed by atoms with Crippen molar-refractivity contribution in [2.45, 2.75) is 12.6 Å². The Morgan fingerprint density at radius 2 is 1.96 bits per heavy atom. The fourth-order valence-electron chi connectivity index (χ4n) is 3.09. The molecule has 2 aromatic rings. The Bertz CT molecular complexity index is 872. The molecule has 0 spiro atoms. The van der Waals surface area contributed by atoms with E-state index in [-0.39, 0.29) is 30.3 Å². The van der Waals surface area contributed by atoms with E-state index in [0.29, 0.717) is 11.1 Å². The molecular weight excluding hydrogens is 354 g/mol. The van der Waals surface area contributed by atoms with Gasteiger partial charge in [0.2, 0.25) is 0 Å². The minimum absolute atomic E-state index is 0.0271. The van der Waals surface area contributed by atoms with E-state index in [0.717, 1.165) is 9.80 Å². The average Bonchev–Trinajstić information content (AvgIpc) is 2.80. The second-order valence-electron chi connectivity index (χ2n) is 5.90. The van der Waals surface area contributed by atoms with Crippen LogP contribution in [0.3, 0.4) is 0 Å². The van der Waals surface area contributed by atoms with Crippen molar-refractivity contribution in [2.24, 2.45) is 0 Å². The number of amides is 2. The lowest BCUT2D eigenvalue weighted by atomic mass is 10.1. The molecule has 2 heterocycles. The van der Waals surface area contributed by atoms with E-state index in [4.69, 9.17) is 9.47 Å². The molecule has 1 aromatic carbocycles. The first-order valence-corrected chi connectivity index (χ1v) is 8.11. The number of hydrogen-bond acceptors (Lipinski definition) is 5. The van der Waals surface area contributed by atoms with E-state index >= 15 is 0 Å². The highest BCUT2D eigenvalue weighted by Gasteiger charge is 2.33. The van der Waals surface area contributed by atoms with Crippen LogP contribution in [-0.2, 0) is 16.0 Å². The number of benzene rings is 1. The predicted octanol–water partition coefficient (Wildman–Crippen LogP) is 3.23. The molecule has 9 heteroatoms. The number of pyridine rings is 1. The van der Waals surface area contributed by atoms with Crippen LogP contribution in [0.4, 0.5) is 26.8 Å². The highest BCUT2D eigenvalue weighted by molar-refractivity contribution is 6.03. The van der Waals surface area contributed by atoms with Gasteiger partial charge in [0.05, 0.1) is 24.5 Å². The van der Waals surface area contributed by atoms with Crippen molar-refractivity contribution in [3.05, 3.63) is 47.7 Å². The summed E-state index contributed by atoms with van der Waals surface area (Å²) in [5, 5.41) is 19.5. The fraction of sp³-hybridized carbons (Fsp3) is 0.278. The Morgan fingerprint density at radius 1 is 1.19 bits per heavy atom. The van der Waals surface area contributed by atoms with Crippen LogP contribution in [0, 0.1) is 0 Å². The van der Waals surface area contributed by atoms with Crippen LogP contribution in [-0.4, -0.2) is 48.2 Å². The number of aromatic nitrogens is 1. The van der Waals surface area contributed by atoms with Gasteiger partial charge in [0.1, 0.15) is 11.9 Å². The van der Waals surface area contributed by atoms with E-state index in [1.165, 1.54) is 20.4 Å². The maximum Gasteiger partial charge on any atom is 0.417 e. The third kappa shape index (κ3) is 3.42. The summed E-state index contributed by atoms with van der Waals surface area (Å²) >= 11 is 0. The Labute approximate surface area is 155 Å². The summed E-state index contributed by atoms with van der Waals surface area (Å²) in [7, 11) is 3.06. The standard InChI is InChI=1S/C18H19N3O6/c1-26-10-15(27-2)11-5-6-13-14(8-11)20(17(22)23)9-12-4-3-7-19-16(12)21(13)18(24)25/h3-8,15H,9-10H2,1-2H3,(H,22,23)(H,24,25). The molecule has 142 valence electrons. The molecule has 0 bridgehead atoms. The zero-order valence-corrected chi connectivity index (χ0v) is 14.8. The SMILES string of the molecule is COCC(OC)c1ccc2c(c1)N(C(=O)O)Cc1cccnc1N2C(=O)O. The molecule has 1 unspecified atom stereocenters. The van der Waals surface area contributed by atoms with Gasteiger partial charge in [-0.05, 0) is 23.8 Å². The average molecular weight is 373 g/mol. The topological polar surface area (TPSA) is 112 Å². The fourth-order valence-corrected chi connectivity index (χ4v) is 3.09. The maximum absolute atomic E-state index is 12.0. The Hall–Kier alpha value is -3.17. The number of hydrogen-bond donors (Lipinski definition) is 2. The normalized spacial score (nSPS) is 14.1. The molecule has 2 amide bonds. The van der Waals surface area contributed by atoms with E-state index in [1.54, 1.807) is 30.3 Å². The number of carbonyl (C=O) groups is 2. The van der Waals surface area contributed by atoms with E-state index in [9.17, 15) is 19.8 Å². The van der Waals surface area contributed by atoms with Crippen molar-refractivity contribution in [1.29, 1.82) is 0 Å². The van der Waals surface area contributed by atoms with Crippen LogP contribution in [0.1, 0.15) is 17.2 Å². The van der Waals surface area contributed by atoms with Crippen LogP contribution in [0.2, 0.25) is 0 Å². The van der Waals surface area contributed by atoms with Gasteiger partial charge in [-0.1, -0.05) is 12.1 Å². The highest BCUT2D eigenvalue weighted by atomic mass is 16.5. The second-order valence-corrected chi connectivity index (χ2v) is 5.90. The van der Waals surface area contributed by atoms with Gasteiger partial charge in [0.15, 0.2) is 0 Å². The molecule has 0 saturated carbocycles. The van der Waals surface area contributed by atoms with E-state index < -0.39 is 18.3 Å². The number of rotatable bonds is 4. The minimum Gasteiger partial charge on any atom is -0.465 e. The Kier molecular flexibility index (Phi) is 5.24. The van der Waals surface area contributed by atoms with Crippen molar-refractivity contribution < 1.29 is 29.3 Å². The van der Waals surface area contributed by atoms with Gasteiger partial charge in [-0.3, -0.25) is 4.90 Å². The lowest BCUT2D eigenvalue weighted by Crippen LogP contribution is -2.29. The zero-order valence-electron chi connectivity index (χ0n) is 14.8. The number of methoxy groups -OCH3 is 2. The summed E-state index contributed by atoms with van der Waals surface area (Å²) in [6, 6.07) is 8.15. The van der Waals surface area contributed by atoms with E-state index in [1.807, 2.05) is 0 Å². The van der Waals surface area contributed by atoms with Gasteiger partial charge in [0, 0.05) is 26.0 Å². The van der Waals surface area contributed by atoms with Crippen LogP contribution in [0.5, 0.6) is 0 Å². The molecule has 0 fully saturated rings. The van der Waals surface area contributed by atoms with Crippen molar-refractivity contribution in [3.8, 4) is 0 Å². The lowest BCUT2D eigenvalue weighted by Gasteiger charge is -2.24. The van der Waals surface area contributed by atoms with Crippen molar-refractivity contribution >= 4 is 29.4 Å². The Morgan fingerprint density at radius 3 is 2.59 bits per heavy atom. The first kappa shape index (κ1) is 18.6. The van der Waals surface area contributed by atoms with Gasteiger partial charge >= 0.3 is 12.2 Å². The van der Waals surface area contributed by atoms with Crippen LogP contribution in [0.15, 0.2) is 36.5 Å². The van der Waals surface area contributed by atoms with E-state index in [2.05, 4.69) is 4.98 Å².